The number of piperidine rings is 1. The number of rotatable bonds is 2. The van der Waals surface area contributed by atoms with Gasteiger partial charge in [0.2, 0.25) is 0 Å². The summed E-state index contributed by atoms with van der Waals surface area (Å²) in [6.45, 7) is 2.17. The number of hydrogen-bond donors (Lipinski definition) is 1. The summed E-state index contributed by atoms with van der Waals surface area (Å²) in [6, 6.07) is 5.17. The highest BCUT2D eigenvalue weighted by atomic mass is 19.1. The molecule has 0 aliphatic carbocycles. The fraction of sp³-hybridized carbons (Fsp3) is 0.538. The van der Waals surface area contributed by atoms with E-state index >= 15 is 0 Å². The zero-order valence-corrected chi connectivity index (χ0v) is 10.5. The van der Waals surface area contributed by atoms with E-state index in [0.717, 1.165) is 25.2 Å². The summed E-state index contributed by atoms with van der Waals surface area (Å²) in [5, 5.41) is 0. The van der Waals surface area contributed by atoms with Gasteiger partial charge in [-0.1, -0.05) is 0 Å². The SMILES string of the molecule is CN1CCCC(N(C)c2cc(N)cc(F)c2)C1. The summed E-state index contributed by atoms with van der Waals surface area (Å²) in [4.78, 5) is 4.45. The highest BCUT2D eigenvalue weighted by Crippen LogP contribution is 2.24. The highest BCUT2D eigenvalue weighted by molar-refractivity contribution is 5.56. The maximum atomic E-state index is 13.3. The molecule has 1 aromatic carbocycles. The summed E-state index contributed by atoms with van der Waals surface area (Å²) in [5.74, 6) is -0.268. The Balaban J connectivity index is 2.15. The predicted octanol–water partition coefficient (Wildman–Crippen LogP) is 1.94. The molecule has 1 heterocycles. The molecule has 3 nitrogen and oxygen atoms in total. The highest BCUT2D eigenvalue weighted by Gasteiger charge is 2.21. The van der Waals surface area contributed by atoms with E-state index in [1.807, 2.05) is 13.1 Å². The molecule has 0 amide bonds. The minimum atomic E-state index is -0.268. The zero-order valence-electron chi connectivity index (χ0n) is 10.5. The first-order chi connectivity index (χ1) is 8.06. The topological polar surface area (TPSA) is 32.5 Å². The van der Waals surface area contributed by atoms with Crippen LogP contribution in [0.2, 0.25) is 0 Å². The maximum Gasteiger partial charge on any atom is 0.127 e. The van der Waals surface area contributed by atoms with Gasteiger partial charge in [-0.2, -0.15) is 0 Å². The van der Waals surface area contributed by atoms with Gasteiger partial charge in [0.05, 0.1) is 0 Å². The van der Waals surface area contributed by atoms with Crippen LogP contribution in [0.4, 0.5) is 15.8 Å². The fourth-order valence-corrected chi connectivity index (χ4v) is 2.47. The van der Waals surface area contributed by atoms with Crippen molar-refractivity contribution in [1.29, 1.82) is 0 Å². The molecule has 1 fully saturated rings. The second-order valence-electron chi connectivity index (χ2n) is 4.91. The van der Waals surface area contributed by atoms with E-state index in [4.69, 9.17) is 5.73 Å². The van der Waals surface area contributed by atoms with Crippen molar-refractivity contribution in [2.75, 3.05) is 37.8 Å². The van der Waals surface area contributed by atoms with Gasteiger partial charge in [-0.15, -0.1) is 0 Å². The molecule has 1 aliphatic rings. The van der Waals surface area contributed by atoms with Gasteiger partial charge < -0.3 is 15.5 Å². The van der Waals surface area contributed by atoms with E-state index in [1.165, 1.54) is 12.5 Å². The quantitative estimate of drug-likeness (QED) is 0.798. The van der Waals surface area contributed by atoms with E-state index in [-0.39, 0.29) is 5.82 Å². The van der Waals surface area contributed by atoms with Gasteiger partial charge in [-0.3, -0.25) is 0 Å². The number of likely N-dealkylation sites (tertiary alicyclic amines) is 1. The average Bonchev–Trinajstić information content (AvgIpc) is 2.26. The molecular formula is C13H20FN3. The largest absolute Gasteiger partial charge is 0.399 e. The third kappa shape index (κ3) is 2.88. The second-order valence-corrected chi connectivity index (χ2v) is 4.91. The number of anilines is 2. The Kier molecular flexibility index (Phi) is 3.52. The number of hydrogen-bond acceptors (Lipinski definition) is 3. The number of benzene rings is 1. The molecule has 0 radical (unpaired) electrons. The summed E-state index contributed by atoms with van der Waals surface area (Å²) in [6.07, 6.45) is 2.34. The van der Waals surface area contributed by atoms with Crippen LogP contribution >= 0.6 is 0 Å². The Bertz CT molecular complexity index is 374. The summed E-state index contributed by atoms with van der Waals surface area (Å²) in [5.41, 5.74) is 7.02. The van der Waals surface area contributed by atoms with Crippen molar-refractivity contribution in [2.45, 2.75) is 18.9 Å². The lowest BCUT2D eigenvalue weighted by molar-refractivity contribution is 0.248. The number of nitrogens with zero attached hydrogens (tertiary/aromatic N) is 2. The fourth-order valence-electron chi connectivity index (χ4n) is 2.47. The lowest BCUT2D eigenvalue weighted by atomic mass is 10.0. The first kappa shape index (κ1) is 12.2. The Morgan fingerprint density at radius 3 is 2.82 bits per heavy atom. The van der Waals surface area contributed by atoms with Crippen LogP contribution in [0.25, 0.3) is 0 Å². The van der Waals surface area contributed by atoms with Crippen LogP contribution in [0.1, 0.15) is 12.8 Å². The molecule has 2 N–H and O–H groups in total. The monoisotopic (exact) mass is 237 g/mol. The molecule has 0 aromatic heterocycles. The minimum absolute atomic E-state index is 0.268. The summed E-state index contributed by atoms with van der Waals surface area (Å²) >= 11 is 0. The van der Waals surface area contributed by atoms with Crippen molar-refractivity contribution in [3.8, 4) is 0 Å². The van der Waals surface area contributed by atoms with Crippen LogP contribution in [0.15, 0.2) is 18.2 Å². The van der Waals surface area contributed by atoms with Gasteiger partial charge in [0.25, 0.3) is 0 Å². The van der Waals surface area contributed by atoms with Crippen LogP contribution in [-0.2, 0) is 0 Å². The van der Waals surface area contributed by atoms with E-state index in [1.54, 1.807) is 6.07 Å². The van der Waals surface area contributed by atoms with Gasteiger partial charge >= 0.3 is 0 Å². The lowest BCUT2D eigenvalue weighted by Gasteiger charge is -2.37. The zero-order chi connectivity index (χ0) is 12.4. The molecule has 1 aromatic rings. The molecule has 94 valence electrons. The van der Waals surface area contributed by atoms with Crippen molar-refractivity contribution >= 4 is 11.4 Å². The molecule has 1 saturated heterocycles. The van der Waals surface area contributed by atoms with Crippen molar-refractivity contribution in [1.82, 2.24) is 4.90 Å². The Hall–Kier alpha value is -1.29. The second kappa shape index (κ2) is 4.92. The van der Waals surface area contributed by atoms with E-state index < -0.39 is 0 Å². The first-order valence-corrected chi connectivity index (χ1v) is 6.03. The maximum absolute atomic E-state index is 13.3. The summed E-state index contributed by atoms with van der Waals surface area (Å²) in [7, 11) is 4.14. The Morgan fingerprint density at radius 2 is 2.18 bits per heavy atom. The molecule has 17 heavy (non-hydrogen) atoms. The first-order valence-electron chi connectivity index (χ1n) is 6.03. The number of nitrogen functional groups attached to an aromatic ring is 1. The number of nitrogens with two attached hydrogens (primary N) is 1. The molecule has 1 unspecified atom stereocenters. The van der Waals surface area contributed by atoms with Crippen molar-refractivity contribution in [2.24, 2.45) is 0 Å². The average molecular weight is 237 g/mol. The van der Waals surface area contributed by atoms with Crippen molar-refractivity contribution in [3.63, 3.8) is 0 Å². The molecule has 4 heteroatoms. The Labute approximate surface area is 102 Å². The molecule has 1 aliphatic heterocycles. The van der Waals surface area contributed by atoms with Crippen LogP contribution in [-0.4, -0.2) is 38.1 Å². The predicted molar refractivity (Wildman–Crippen MR) is 69.7 cm³/mol. The van der Waals surface area contributed by atoms with E-state index in [9.17, 15) is 4.39 Å². The molecule has 0 bridgehead atoms. The lowest BCUT2D eigenvalue weighted by Crippen LogP contribution is -2.45. The molecule has 2 rings (SSSR count). The van der Waals surface area contributed by atoms with Gasteiger partial charge in [-0.25, -0.2) is 4.39 Å². The number of halogens is 1. The standard InChI is InChI=1S/C13H20FN3/c1-16-5-3-4-12(9-16)17(2)13-7-10(14)6-11(15)8-13/h6-8,12H,3-5,9,15H2,1-2H3. The third-order valence-corrected chi connectivity index (χ3v) is 3.46. The van der Waals surface area contributed by atoms with E-state index in [2.05, 4.69) is 16.8 Å². The molecule has 0 spiro atoms. The van der Waals surface area contributed by atoms with Gasteiger partial charge in [0.1, 0.15) is 5.82 Å². The minimum Gasteiger partial charge on any atom is -0.399 e. The van der Waals surface area contributed by atoms with Gasteiger partial charge in [0, 0.05) is 31.0 Å². The van der Waals surface area contributed by atoms with Crippen molar-refractivity contribution < 1.29 is 4.39 Å². The van der Waals surface area contributed by atoms with Crippen LogP contribution < -0.4 is 10.6 Å². The number of likely N-dealkylation sites (N-methyl/N-ethyl adjacent to an activating group) is 2. The Morgan fingerprint density at radius 1 is 1.41 bits per heavy atom. The normalized spacial score (nSPS) is 21.5. The van der Waals surface area contributed by atoms with Crippen LogP contribution in [0.5, 0.6) is 0 Å². The summed E-state index contributed by atoms with van der Waals surface area (Å²) < 4.78 is 13.3. The van der Waals surface area contributed by atoms with Gasteiger partial charge in [-0.05, 0) is 44.6 Å². The third-order valence-electron chi connectivity index (χ3n) is 3.46. The van der Waals surface area contributed by atoms with Gasteiger partial charge in [0.15, 0.2) is 0 Å². The molecular weight excluding hydrogens is 217 g/mol. The molecule has 1 atom stereocenters. The smallest absolute Gasteiger partial charge is 0.127 e. The van der Waals surface area contributed by atoms with Crippen molar-refractivity contribution in [3.05, 3.63) is 24.0 Å². The van der Waals surface area contributed by atoms with Crippen LogP contribution in [0, 0.1) is 5.82 Å². The van der Waals surface area contributed by atoms with E-state index in [0.29, 0.717) is 11.7 Å². The molecule has 0 saturated carbocycles. The van der Waals surface area contributed by atoms with Crippen LogP contribution in [0.3, 0.4) is 0 Å².